The molecule has 0 saturated carbocycles. The van der Waals surface area contributed by atoms with E-state index < -0.39 is 0 Å². The van der Waals surface area contributed by atoms with Gasteiger partial charge < -0.3 is 5.11 Å². The number of unbranched alkanes of at least 4 members (excludes halogenated alkanes) is 9. The van der Waals surface area contributed by atoms with Crippen LogP contribution in [-0.2, 0) is 6.54 Å². The Kier molecular flexibility index (Phi) is 9.13. The molecule has 1 rings (SSSR count). The van der Waals surface area contributed by atoms with Gasteiger partial charge in [0, 0.05) is 18.6 Å². The summed E-state index contributed by atoms with van der Waals surface area (Å²) in [5.74, 6) is 0.347. The molecule has 1 aromatic rings. The summed E-state index contributed by atoms with van der Waals surface area (Å²) in [4.78, 5) is 0. The van der Waals surface area contributed by atoms with Crippen molar-refractivity contribution in [2.75, 3.05) is 0 Å². The summed E-state index contributed by atoms with van der Waals surface area (Å²) in [6.45, 7) is 3.34. The lowest BCUT2D eigenvalue weighted by molar-refractivity contribution is -0.697. The lowest BCUT2D eigenvalue weighted by Gasteiger charge is -2.01. The second-order valence-electron chi connectivity index (χ2n) is 5.48. The summed E-state index contributed by atoms with van der Waals surface area (Å²) in [5, 5.41) is 9.19. The van der Waals surface area contributed by atoms with Crippen molar-refractivity contribution in [3.63, 3.8) is 0 Å². The predicted molar refractivity (Wildman–Crippen MR) is 80.1 cm³/mol. The average Bonchev–Trinajstić information content (AvgIpc) is 2.43. The van der Waals surface area contributed by atoms with Crippen molar-refractivity contribution in [3.05, 3.63) is 24.5 Å². The molecular weight excluding hydrogens is 234 g/mol. The quantitative estimate of drug-likeness (QED) is 0.458. The average molecular weight is 264 g/mol. The Morgan fingerprint density at radius 3 is 1.79 bits per heavy atom. The van der Waals surface area contributed by atoms with Crippen molar-refractivity contribution in [1.82, 2.24) is 0 Å². The van der Waals surface area contributed by atoms with Gasteiger partial charge in [-0.2, -0.15) is 0 Å². The predicted octanol–water partition coefficient (Wildman–Crippen LogP) is 4.60. The molecule has 2 nitrogen and oxygen atoms in total. The molecule has 0 aliphatic rings. The molecule has 0 aliphatic heterocycles. The van der Waals surface area contributed by atoms with E-state index in [4.69, 9.17) is 0 Å². The van der Waals surface area contributed by atoms with E-state index in [1.165, 1.54) is 64.2 Å². The van der Waals surface area contributed by atoms with Gasteiger partial charge in [-0.1, -0.05) is 58.3 Å². The first kappa shape index (κ1) is 16.0. The van der Waals surface area contributed by atoms with Crippen LogP contribution in [0.15, 0.2) is 24.5 Å². The van der Waals surface area contributed by atoms with E-state index in [0.717, 1.165) is 6.54 Å². The summed E-state index contributed by atoms with van der Waals surface area (Å²) >= 11 is 0. The second kappa shape index (κ2) is 10.8. The second-order valence-corrected chi connectivity index (χ2v) is 5.48. The molecule has 2 heteroatoms. The first-order chi connectivity index (χ1) is 9.33. The van der Waals surface area contributed by atoms with E-state index in [2.05, 4.69) is 11.5 Å². The Morgan fingerprint density at radius 1 is 0.789 bits per heavy atom. The molecular formula is C17H30NO+. The summed E-state index contributed by atoms with van der Waals surface area (Å²) < 4.78 is 2.14. The lowest BCUT2D eigenvalue weighted by Crippen LogP contribution is -2.32. The van der Waals surface area contributed by atoms with Crippen LogP contribution in [0.3, 0.4) is 0 Å². The molecule has 0 fully saturated rings. The number of aromatic nitrogens is 1. The van der Waals surface area contributed by atoms with Gasteiger partial charge in [0.1, 0.15) is 12.3 Å². The van der Waals surface area contributed by atoms with Crippen LogP contribution in [0, 0.1) is 0 Å². The normalized spacial score (nSPS) is 10.8. The Labute approximate surface area is 118 Å². The minimum absolute atomic E-state index is 0.347. The van der Waals surface area contributed by atoms with Gasteiger partial charge in [-0.3, -0.25) is 0 Å². The largest absolute Gasteiger partial charge is 0.507 e. The van der Waals surface area contributed by atoms with Crippen molar-refractivity contribution in [1.29, 1.82) is 0 Å². The third-order valence-electron chi connectivity index (χ3n) is 3.64. The fourth-order valence-corrected chi connectivity index (χ4v) is 2.38. The van der Waals surface area contributed by atoms with Crippen LogP contribution in [0.25, 0.3) is 0 Å². The van der Waals surface area contributed by atoms with Crippen LogP contribution in [0.5, 0.6) is 5.75 Å². The molecule has 0 spiro atoms. The van der Waals surface area contributed by atoms with Crippen molar-refractivity contribution in [3.8, 4) is 5.75 Å². The smallest absolute Gasteiger partial charge is 0.172 e. The highest BCUT2D eigenvalue weighted by Crippen LogP contribution is 2.10. The van der Waals surface area contributed by atoms with Gasteiger partial charge in [0.05, 0.1) is 0 Å². The molecule has 1 aromatic heterocycles. The topological polar surface area (TPSA) is 24.1 Å². The van der Waals surface area contributed by atoms with Crippen LogP contribution in [0.2, 0.25) is 0 Å². The molecule has 0 aromatic carbocycles. The third-order valence-corrected chi connectivity index (χ3v) is 3.64. The van der Waals surface area contributed by atoms with Crippen LogP contribution in [0.4, 0.5) is 0 Å². The maximum atomic E-state index is 9.19. The lowest BCUT2D eigenvalue weighted by atomic mass is 10.1. The molecule has 108 valence electrons. The van der Waals surface area contributed by atoms with E-state index in [-0.39, 0.29) is 0 Å². The van der Waals surface area contributed by atoms with Crippen molar-refractivity contribution >= 4 is 0 Å². The van der Waals surface area contributed by atoms with Crippen molar-refractivity contribution < 1.29 is 9.67 Å². The molecule has 0 amide bonds. The van der Waals surface area contributed by atoms with E-state index >= 15 is 0 Å². The fraction of sp³-hybridized carbons (Fsp3) is 0.706. The molecule has 0 saturated heterocycles. The molecule has 1 N–H and O–H groups in total. The molecule has 0 bridgehead atoms. The highest BCUT2D eigenvalue weighted by molar-refractivity contribution is 5.11. The maximum absolute atomic E-state index is 9.19. The minimum atomic E-state index is 0.347. The molecule has 0 radical (unpaired) electrons. The number of aromatic hydroxyl groups is 1. The number of aryl methyl sites for hydroxylation is 1. The Bertz CT molecular complexity index is 308. The van der Waals surface area contributed by atoms with Gasteiger partial charge in [0.2, 0.25) is 0 Å². The van der Waals surface area contributed by atoms with Crippen molar-refractivity contribution in [2.24, 2.45) is 0 Å². The van der Waals surface area contributed by atoms with Gasteiger partial charge in [-0.15, -0.1) is 0 Å². The van der Waals surface area contributed by atoms with Crippen LogP contribution < -0.4 is 4.57 Å². The zero-order chi connectivity index (χ0) is 13.8. The standard InChI is InChI=1S/C17H29NO/c1-2-3-4-5-6-7-8-9-10-11-14-18-15-12-17(19)13-16-18/h12-13,15-16H,2-11,14H2,1H3/p+1. The van der Waals surface area contributed by atoms with E-state index in [1.54, 1.807) is 12.1 Å². The fourth-order valence-electron chi connectivity index (χ4n) is 2.38. The number of nitrogens with zero attached hydrogens (tertiary/aromatic N) is 1. The number of hydrogen-bond donors (Lipinski definition) is 1. The van der Waals surface area contributed by atoms with Gasteiger partial charge in [0.25, 0.3) is 0 Å². The monoisotopic (exact) mass is 264 g/mol. The van der Waals surface area contributed by atoms with Gasteiger partial charge in [-0.25, -0.2) is 4.57 Å². The summed E-state index contributed by atoms with van der Waals surface area (Å²) in [7, 11) is 0. The van der Waals surface area contributed by atoms with E-state index in [0.29, 0.717) is 5.75 Å². The maximum Gasteiger partial charge on any atom is 0.172 e. The van der Waals surface area contributed by atoms with Crippen molar-refractivity contribution in [2.45, 2.75) is 77.7 Å². The van der Waals surface area contributed by atoms with Crippen LogP contribution in [-0.4, -0.2) is 5.11 Å². The van der Waals surface area contributed by atoms with Gasteiger partial charge in [-0.05, 0) is 6.42 Å². The Morgan fingerprint density at radius 2 is 1.26 bits per heavy atom. The first-order valence-corrected chi connectivity index (χ1v) is 8.01. The van der Waals surface area contributed by atoms with Crippen LogP contribution in [0.1, 0.15) is 71.1 Å². The number of pyridine rings is 1. The summed E-state index contributed by atoms with van der Waals surface area (Å²) in [6.07, 6.45) is 17.7. The molecule has 1 heterocycles. The minimum Gasteiger partial charge on any atom is -0.507 e. The van der Waals surface area contributed by atoms with E-state index in [9.17, 15) is 5.11 Å². The third kappa shape index (κ3) is 8.63. The zero-order valence-electron chi connectivity index (χ0n) is 12.5. The first-order valence-electron chi connectivity index (χ1n) is 8.01. The van der Waals surface area contributed by atoms with E-state index in [1.807, 2.05) is 12.4 Å². The molecule has 0 aliphatic carbocycles. The molecule has 19 heavy (non-hydrogen) atoms. The zero-order valence-corrected chi connectivity index (χ0v) is 12.5. The molecule has 0 unspecified atom stereocenters. The Balaban J connectivity index is 1.87. The van der Waals surface area contributed by atoms with Gasteiger partial charge >= 0.3 is 0 Å². The number of rotatable bonds is 11. The summed E-state index contributed by atoms with van der Waals surface area (Å²) in [5.41, 5.74) is 0. The summed E-state index contributed by atoms with van der Waals surface area (Å²) in [6, 6.07) is 3.49. The Hall–Kier alpha value is -1.05. The highest BCUT2D eigenvalue weighted by Gasteiger charge is 1.99. The van der Waals surface area contributed by atoms with Gasteiger partial charge in [0.15, 0.2) is 12.4 Å². The van der Waals surface area contributed by atoms with Crippen LogP contribution >= 0.6 is 0 Å². The highest BCUT2D eigenvalue weighted by atomic mass is 16.3. The number of hydrogen-bond acceptors (Lipinski definition) is 1. The molecule has 0 atom stereocenters. The SMILES string of the molecule is CCCCCCCCCCCC[n+]1ccc(O)cc1.